The minimum Gasteiger partial charge on any atom is -0.395 e. The zero-order valence-electron chi connectivity index (χ0n) is 12.2. The van der Waals surface area contributed by atoms with Gasteiger partial charge in [-0.05, 0) is 32.0 Å². The van der Waals surface area contributed by atoms with E-state index in [0.29, 0.717) is 11.8 Å². The predicted octanol–water partition coefficient (Wildman–Crippen LogP) is 2.83. The lowest BCUT2D eigenvalue weighted by Crippen LogP contribution is -2.24. The maximum absolute atomic E-state index is 13.2. The number of aliphatic hydroxyl groups is 1. The van der Waals surface area contributed by atoms with Crippen molar-refractivity contribution in [2.24, 2.45) is 0 Å². The van der Waals surface area contributed by atoms with Gasteiger partial charge >= 0.3 is 6.18 Å². The van der Waals surface area contributed by atoms with Gasteiger partial charge < -0.3 is 15.0 Å². The normalized spacial score (nSPS) is 12.1. The Morgan fingerprint density at radius 2 is 1.95 bits per heavy atom. The van der Waals surface area contributed by atoms with Crippen molar-refractivity contribution in [3.8, 4) is 0 Å². The van der Waals surface area contributed by atoms with E-state index >= 15 is 0 Å². The number of rotatable bonds is 4. The summed E-state index contributed by atoms with van der Waals surface area (Å²) >= 11 is 0. The number of aliphatic hydroxyl groups excluding tert-OH is 1. The van der Waals surface area contributed by atoms with Crippen LogP contribution in [0.3, 0.4) is 0 Å². The minimum atomic E-state index is -4.62. The molecule has 0 aliphatic heterocycles. The molecule has 1 aromatic heterocycles. The first-order valence-corrected chi connectivity index (χ1v) is 6.86. The summed E-state index contributed by atoms with van der Waals surface area (Å²) in [4.78, 5) is 11.9. The quantitative estimate of drug-likeness (QED) is 0.912. The number of fused-ring (bicyclic) bond motifs is 1. The highest BCUT2D eigenvalue weighted by molar-refractivity contribution is 5.86. The van der Waals surface area contributed by atoms with E-state index in [2.05, 4.69) is 5.32 Å². The van der Waals surface area contributed by atoms with Crippen molar-refractivity contribution in [1.82, 2.24) is 4.57 Å². The Balaban J connectivity index is 2.77. The van der Waals surface area contributed by atoms with Crippen molar-refractivity contribution in [1.29, 1.82) is 0 Å². The van der Waals surface area contributed by atoms with Crippen LogP contribution in [0.4, 0.5) is 18.9 Å². The fourth-order valence-electron chi connectivity index (χ4n) is 2.37. The standard InChI is InChI=1S/C15H17F3N2O2/c1-9(2)19-10-3-4-13-11(7-10)12(15(16,17)18)8-14(22)20(13)5-6-21/h3-4,7-9,19,21H,5-6H2,1-2H3. The Morgan fingerprint density at radius 1 is 1.27 bits per heavy atom. The van der Waals surface area contributed by atoms with Crippen molar-refractivity contribution in [2.75, 3.05) is 11.9 Å². The van der Waals surface area contributed by atoms with Crippen molar-refractivity contribution in [2.45, 2.75) is 32.6 Å². The number of pyridine rings is 1. The molecule has 0 bridgehead atoms. The van der Waals surface area contributed by atoms with Crippen LogP contribution >= 0.6 is 0 Å². The van der Waals surface area contributed by atoms with Crippen LogP contribution in [0.5, 0.6) is 0 Å². The third-order valence-electron chi connectivity index (χ3n) is 3.20. The number of benzene rings is 1. The maximum Gasteiger partial charge on any atom is 0.417 e. The molecule has 1 heterocycles. The van der Waals surface area contributed by atoms with E-state index in [9.17, 15) is 18.0 Å². The lowest BCUT2D eigenvalue weighted by atomic mass is 10.1. The second-order valence-electron chi connectivity index (χ2n) is 5.30. The molecular formula is C15H17F3N2O2. The maximum atomic E-state index is 13.2. The van der Waals surface area contributed by atoms with Crippen molar-refractivity contribution in [3.05, 3.63) is 40.2 Å². The molecule has 120 valence electrons. The number of aromatic nitrogens is 1. The third kappa shape index (κ3) is 3.24. The number of alkyl halides is 3. The monoisotopic (exact) mass is 314 g/mol. The van der Waals surface area contributed by atoms with Crippen LogP contribution < -0.4 is 10.9 Å². The number of nitrogens with zero attached hydrogens (tertiary/aromatic N) is 1. The number of nitrogens with one attached hydrogen (secondary N) is 1. The summed E-state index contributed by atoms with van der Waals surface area (Å²) in [6.07, 6.45) is -4.62. The molecule has 0 fully saturated rings. The SMILES string of the molecule is CC(C)Nc1ccc2c(c1)c(C(F)(F)F)cc(=O)n2CCO. The number of hydrogen-bond acceptors (Lipinski definition) is 3. The third-order valence-corrected chi connectivity index (χ3v) is 3.20. The summed E-state index contributed by atoms with van der Waals surface area (Å²) in [6.45, 7) is 3.37. The molecule has 7 heteroatoms. The number of anilines is 1. The van der Waals surface area contributed by atoms with E-state index in [4.69, 9.17) is 5.11 Å². The Hall–Kier alpha value is -2.02. The van der Waals surface area contributed by atoms with Crippen LogP contribution in [0.15, 0.2) is 29.1 Å². The molecule has 0 unspecified atom stereocenters. The first-order chi connectivity index (χ1) is 10.2. The molecule has 0 atom stereocenters. The average molecular weight is 314 g/mol. The predicted molar refractivity (Wildman–Crippen MR) is 79.1 cm³/mol. The Morgan fingerprint density at radius 3 is 2.50 bits per heavy atom. The molecule has 1 aromatic carbocycles. The fraction of sp³-hybridized carbons (Fsp3) is 0.400. The van der Waals surface area contributed by atoms with Gasteiger partial charge in [-0.25, -0.2) is 0 Å². The zero-order valence-corrected chi connectivity index (χ0v) is 12.2. The van der Waals surface area contributed by atoms with Crippen LogP contribution in [0.1, 0.15) is 19.4 Å². The highest BCUT2D eigenvalue weighted by Crippen LogP contribution is 2.34. The smallest absolute Gasteiger partial charge is 0.395 e. The molecule has 0 spiro atoms. The molecule has 22 heavy (non-hydrogen) atoms. The average Bonchev–Trinajstić information content (AvgIpc) is 2.39. The summed E-state index contributed by atoms with van der Waals surface area (Å²) in [5.41, 5.74) is -1.04. The first-order valence-electron chi connectivity index (χ1n) is 6.86. The Kier molecular flexibility index (Phi) is 4.46. The molecule has 0 saturated heterocycles. The molecule has 0 aliphatic carbocycles. The molecular weight excluding hydrogens is 297 g/mol. The molecule has 0 amide bonds. The Bertz CT molecular complexity index is 736. The van der Waals surface area contributed by atoms with E-state index in [1.807, 2.05) is 13.8 Å². The van der Waals surface area contributed by atoms with Crippen LogP contribution in [0, 0.1) is 0 Å². The summed E-state index contributed by atoms with van der Waals surface area (Å²) in [5, 5.41) is 12.0. The lowest BCUT2D eigenvalue weighted by molar-refractivity contribution is -0.136. The van der Waals surface area contributed by atoms with E-state index in [1.165, 1.54) is 12.1 Å². The van der Waals surface area contributed by atoms with Gasteiger partial charge in [0.15, 0.2) is 0 Å². The summed E-state index contributed by atoms with van der Waals surface area (Å²) in [6, 6.07) is 5.11. The van der Waals surface area contributed by atoms with Gasteiger partial charge in [-0.15, -0.1) is 0 Å². The molecule has 4 nitrogen and oxygen atoms in total. The molecule has 2 N–H and O–H groups in total. The molecule has 0 saturated carbocycles. The Labute approximate surface area is 125 Å². The van der Waals surface area contributed by atoms with Crippen LogP contribution in [-0.4, -0.2) is 22.3 Å². The zero-order chi connectivity index (χ0) is 16.5. The highest BCUT2D eigenvalue weighted by atomic mass is 19.4. The van der Waals surface area contributed by atoms with E-state index in [1.54, 1.807) is 6.07 Å². The second-order valence-corrected chi connectivity index (χ2v) is 5.30. The van der Waals surface area contributed by atoms with Gasteiger partial charge in [0.2, 0.25) is 0 Å². The number of halogens is 3. The van der Waals surface area contributed by atoms with E-state index in [0.717, 1.165) is 4.57 Å². The summed E-state index contributed by atoms with van der Waals surface area (Å²) < 4.78 is 40.7. The first kappa shape index (κ1) is 16.4. The molecule has 2 rings (SSSR count). The van der Waals surface area contributed by atoms with Gasteiger partial charge in [-0.2, -0.15) is 13.2 Å². The lowest BCUT2D eigenvalue weighted by Gasteiger charge is -2.17. The molecule has 2 aromatic rings. The summed E-state index contributed by atoms with van der Waals surface area (Å²) in [7, 11) is 0. The van der Waals surface area contributed by atoms with Crippen LogP contribution in [0.2, 0.25) is 0 Å². The van der Waals surface area contributed by atoms with Gasteiger partial charge in [0.1, 0.15) is 0 Å². The highest BCUT2D eigenvalue weighted by Gasteiger charge is 2.34. The topological polar surface area (TPSA) is 54.3 Å². The van der Waals surface area contributed by atoms with E-state index in [-0.39, 0.29) is 30.1 Å². The fourth-order valence-corrected chi connectivity index (χ4v) is 2.37. The van der Waals surface area contributed by atoms with Gasteiger partial charge in [-0.1, -0.05) is 0 Å². The van der Waals surface area contributed by atoms with E-state index < -0.39 is 17.3 Å². The van der Waals surface area contributed by atoms with Gasteiger partial charge in [-0.3, -0.25) is 4.79 Å². The van der Waals surface area contributed by atoms with Gasteiger partial charge in [0.25, 0.3) is 5.56 Å². The number of hydrogen-bond donors (Lipinski definition) is 2. The summed E-state index contributed by atoms with van der Waals surface area (Å²) in [5.74, 6) is 0. The minimum absolute atomic E-state index is 0.0512. The van der Waals surface area contributed by atoms with Crippen LogP contribution in [-0.2, 0) is 12.7 Å². The van der Waals surface area contributed by atoms with Gasteiger partial charge in [0.05, 0.1) is 17.7 Å². The largest absolute Gasteiger partial charge is 0.417 e. The van der Waals surface area contributed by atoms with Gasteiger partial charge in [0, 0.05) is 29.7 Å². The molecule has 0 aliphatic rings. The van der Waals surface area contributed by atoms with Crippen LogP contribution in [0.25, 0.3) is 10.9 Å². The molecule has 0 radical (unpaired) electrons. The van der Waals surface area contributed by atoms with Crippen molar-refractivity contribution < 1.29 is 18.3 Å². The van der Waals surface area contributed by atoms with Crippen molar-refractivity contribution in [3.63, 3.8) is 0 Å². The second kappa shape index (κ2) is 6.00. The van der Waals surface area contributed by atoms with Crippen molar-refractivity contribution >= 4 is 16.6 Å².